The first kappa shape index (κ1) is 19.9. The molecule has 1 nitrogen and oxygen atoms in total. The van der Waals surface area contributed by atoms with Crippen molar-refractivity contribution in [3.8, 4) is 0 Å². The van der Waals surface area contributed by atoms with Gasteiger partial charge < -0.3 is 3.07 Å². The zero-order valence-electron chi connectivity index (χ0n) is 17.0. The van der Waals surface area contributed by atoms with Gasteiger partial charge in [-0.3, -0.25) is 0 Å². The fourth-order valence-corrected chi connectivity index (χ4v) is 7.50. The summed E-state index contributed by atoms with van der Waals surface area (Å²) in [4.78, 5) is 0. The van der Waals surface area contributed by atoms with Gasteiger partial charge in [0.2, 0.25) is 0 Å². The van der Waals surface area contributed by atoms with E-state index in [4.69, 9.17) is 3.07 Å². The minimum atomic E-state index is 0.442. The lowest BCUT2D eigenvalue weighted by Gasteiger charge is -2.58. The molecule has 4 rings (SSSR count). The number of rotatable bonds is 1. The molecule has 0 bridgehead atoms. The van der Waals surface area contributed by atoms with Crippen molar-refractivity contribution in [3.63, 3.8) is 0 Å². The molecule has 0 spiro atoms. The Morgan fingerprint density at radius 2 is 1.64 bits per heavy atom. The topological polar surface area (TPSA) is 9.23 Å². The molecule has 2 heteroatoms. The van der Waals surface area contributed by atoms with Gasteiger partial charge in [0.25, 0.3) is 0 Å². The van der Waals surface area contributed by atoms with Gasteiger partial charge in [-0.05, 0) is 86.9 Å². The molecule has 3 fully saturated rings. The fourth-order valence-electron chi connectivity index (χ4n) is 7.07. The summed E-state index contributed by atoms with van der Waals surface area (Å²) in [5.74, 6) is 2.69. The van der Waals surface area contributed by atoms with Crippen LogP contribution in [0.15, 0.2) is 23.3 Å². The van der Waals surface area contributed by atoms with Crippen LogP contribution in [0.3, 0.4) is 0 Å². The summed E-state index contributed by atoms with van der Waals surface area (Å²) in [6.45, 7) is 16.0. The summed E-state index contributed by atoms with van der Waals surface area (Å²) >= 11 is 2.11. The quantitative estimate of drug-likeness (QED) is 0.291. The Labute approximate surface area is 169 Å². The van der Waals surface area contributed by atoms with Gasteiger partial charge in [0.05, 0.1) is 6.10 Å². The highest BCUT2D eigenvalue weighted by Crippen LogP contribution is 2.66. The maximum Gasteiger partial charge on any atom is 0.110 e. The van der Waals surface area contributed by atoms with Crippen LogP contribution in [0.4, 0.5) is 0 Å². The SMILES string of the molecule is C=C1CCC2C3CC(C)=C4CC(OI)CCC4(C)C3CCC12C.CC. The van der Waals surface area contributed by atoms with Gasteiger partial charge in [-0.15, -0.1) is 0 Å². The molecule has 0 aromatic rings. The van der Waals surface area contributed by atoms with Crippen molar-refractivity contribution in [2.24, 2.45) is 28.6 Å². The first-order valence-corrected chi connectivity index (χ1v) is 11.4. The second-order valence-electron chi connectivity index (χ2n) is 9.31. The molecule has 6 unspecified atom stereocenters. The van der Waals surface area contributed by atoms with Gasteiger partial charge >= 0.3 is 0 Å². The van der Waals surface area contributed by atoms with Crippen LogP contribution in [0.5, 0.6) is 0 Å². The van der Waals surface area contributed by atoms with Crippen molar-refractivity contribution in [1.82, 2.24) is 0 Å². The Kier molecular flexibility index (Phi) is 5.81. The smallest absolute Gasteiger partial charge is 0.110 e. The standard InChI is InChI=1S/C21H31IO.C2H6/c1-13-11-16-17-6-5-14(2)20(17,3)10-8-18(16)21(4)9-7-15(23-22)12-19(13)21;1-2/h15-18H,2,5-12H2,1,3-4H3;1-2H3. The normalized spacial score (nSPS) is 45.9. The van der Waals surface area contributed by atoms with Crippen molar-refractivity contribution >= 4 is 23.0 Å². The Morgan fingerprint density at radius 1 is 1.00 bits per heavy atom. The van der Waals surface area contributed by atoms with Gasteiger partial charge in [0.15, 0.2) is 0 Å². The lowest BCUT2D eigenvalue weighted by atomic mass is 9.47. The van der Waals surface area contributed by atoms with Crippen molar-refractivity contribution in [1.29, 1.82) is 0 Å². The summed E-state index contributed by atoms with van der Waals surface area (Å²) in [6, 6.07) is 0. The van der Waals surface area contributed by atoms with E-state index in [0.29, 0.717) is 16.9 Å². The molecule has 0 saturated heterocycles. The number of hydrogen-bond donors (Lipinski definition) is 0. The average molecular weight is 456 g/mol. The first-order valence-electron chi connectivity index (χ1n) is 10.5. The molecule has 4 aliphatic carbocycles. The molecular formula is C23H37IO. The van der Waals surface area contributed by atoms with Crippen LogP contribution in [0.25, 0.3) is 0 Å². The largest absolute Gasteiger partial charge is 0.312 e. The first-order chi connectivity index (χ1) is 11.9. The summed E-state index contributed by atoms with van der Waals surface area (Å²) < 4.78 is 5.69. The third-order valence-corrected chi connectivity index (χ3v) is 9.22. The molecule has 25 heavy (non-hydrogen) atoms. The van der Waals surface area contributed by atoms with Crippen molar-refractivity contribution < 1.29 is 3.07 Å². The molecule has 4 aliphatic rings. The van der Waals surface area contributed by atoms with Gasteiger partial charge in [0.1, 0.15) is 23.0 Å². The zero-order valence-corrected chi connectivity index (χ0v) is 19.1. The molecule has 6 atom stereocenters. The Morgan fingerprint density at radius 3 is 2.32 bits per heavy atom. The highest BCUT2D eigenvalue weighted by Gasteiger charge is 2.57. The van der Waals surface area contributed by atoms with E-state index in [9.17, 15) is 0 Å². The van der Waals surface area contributed by atoms with Crippen LogP contribution in [-0.4, -0.2) is 6.10 Å². The molecule has 0 aliphatic heterocycles. The molecule has 0 aromatic heterocycles. The lowest BCUT2D eigenvalue weighted by Crippen LogP contribution is -2.50. The van der Waals surface area contributed by atoms with E-state index in [0.717, 1.165) is 17.8 Å². The molecule has 0 aromatic carbocycles. The number of fused-ring (bicyclic) bond motifs is 5. The van der Waals surface area contributed by atoms with Crippen LogP contribution in [0.2, 0.25) is 0 Å². The molecule has 0 radical (unpaired) electrons. The summed E-state index contributed by atoms with van der Waals surface area (Å²) in [6.07, 6.45) is 11.0. The molecule has 0 amide bonds. The molecule has 0 N–H and O–H groups in total. The van der Waals surface area contributed by atoms with Crippen LogP contribution < -0.4 is 0 Å². The highest BCUT2D eigenvalue weighted by molar-refractivity contribution is 14.1. The fraction of sp³-hybridized carbons (Fsp3) is 0.826. The molecular weight excluding hydrogens is 419 g/mol. The van der Waals surface area contributed by atoms with Gasteiger partial charge in [0, 0.05) is 0 Å². The van der Waals surface area contributed by atoms with E-state index in [1.165, 1.54) is 51.4 Å². The van der Waals surface area contributed by atoms with Crippen LogP contribution in [0.1, 0.15) is 86.0 Å². The Bertz CT molecular complexity index is 564. The van der Waals surface area contributed by atoms with E-state index in [2.05, 4.69) is 50.4 Å². The van der Waals surface area contributed by atoms with Crippen LogP contribution in [0, 0.1) is 28.6 Å². The average Bonchev–Trinajstić information content (AvgIpc) is 2.92. The summed E-state index contributed by atoms with van der Waals surface area (Å²) in [7, 11) is 0. The second kappa shape index (κ2) is 7.30. The minimum Gasteiger partial charge on any atom is -0.312 e. The predicted octanol–water partition coefficient (Wildman–Crippen LogP) is 7.66. The van der Waals surface area contributed by atoms with E-state index in [1.54, 1.807) is 16.7 Å². The van der Waals surface area contributed by atoms with Gasteiger partial charge in [-0.1, -0.05) is 51.0 Å². The van der Waals surface area contributed by atoms with Gasteiger partial charge in [-0.2, -0.15) is 0 Å². The van der Waals surface area contributed by atoms with Crippen LogP contribution in [-0.2, 0) is 3.07 Å². The Hall–Kier alpha value is 0.170. The second-order valence-corrected chi connectivity index (χ2v) is 9.82. The summed E-state index contributed by atoms with van der Waals surface area (Å²) in [5.41, 5.74) is 5.92. The maximum absolute atomic E-state index is 5.69. The van der Waals surface area contributed by atoms with E-state index in [1.807, 2.05) is 13.8 Å². The molecule has 142 valence electrons. The third-order valence-electron chi connectivity index (χ3n) is 8.50. The monoisotopic (exact) mass is 456 g/mol. The highest BCUT2D eigenvalue weighted by atomic mass is 127. The number of halogens is 1. The van der Waals surface area contributed by atoms with Crippen molar-refractivity contribution in [2.45, 2.75) is 92.1 Å². The van der Waals surface area contributed by atoms with E-state index >= 15 is 0 Å². The van der Waals surface area contributed by atoms with Gasteiger partial charge in [-0.25, -0.2) is 0 Å². The van der Waals surface area contributed by atoms with Crippen molar-refractivity contribution in [2.75, 3.05) is 0 Å². The molecule has 3 saturated carbocycles. The van der Waals surface area contributed by atoms with E-state index in [-0.39, 0.29) is 0 Å². The lowest BCUT2D eigenvalue weighted by molar-refractivity contribution is -0.0243. The summed E-state index contributed by atoms with van der Waals surface area (Å²) in [5, 5.41) is 0. The van der Waals surface area contributed by atoms with Crippen LogP contribution >= 0.6 is 23.0 Å². The predicted molar refractivity (Wildman–Crippen MR) is 116 cm³/mol. The van der Waals surface area contributed by atoms with Crippen molar-refractivity contribution in [3.05, 3.63) is 23.3 Å². The number of allylic oxidation sites excluding steroid dienone is 2. The zero-order chi connectivity index (χ0) is 18.4. The minimum absolute atomic E-state index is 0.442. The third kappa shape index (κ3) is 2.98. The van der Waals surface area contributed by atoms with E-state index < -0.39 is 0 Å². The Balaban J connectivity index is 0.000000880. The maximum atomic E-state index is 5.69. The number of hydrogen-bond acceptors (Lipinski definition) is 1. The molecule has 0 heterocycles.